The summed E-state index contributed by atoms with van der Waals surface area (Å²) >= 11 is 6.09. The zero-order valence-corrected chi connectivity index (χ0v) is 13.1. The molecule has 0 aliphatic rings. The largest absolute Gasteiger partial charge is 0.487 e. The Bertz CT molecular complexity index is 445. The molecule has 1 unspecified atom stereocenters. The molecule has 1 aromatic carbocycles. The van der Waals surface area contributed by atoms with Gasteiger partial charge in [0.1, 0.15) is 11.9 Å². The van der Waals surface area contributed by atoms with E-state index in [9.17, 15) is 4.79 Å². The third-order valence-corrected chi connectivity index (χ3v) is 2.78. The summed E-state index contributed by atoms with van der Waals surface area (Å²) in [4.78, 5) is 11.4. The summed E-state index contributed by atoms with van der Waals surface area (Å²) in [5.74, 6) is 0.594. The van der Waals surface area contributed by atoms with Crippen LogP contribution in [0.3, 0.4) is 0 Å². The van der Waals surface area contributed by atoms with E-state index in [1.165, 1.54) is 13.2 Å². The number of rotatable bonds is 7. The normalized spacial score (nSPS) is 12.3. The Morgan fingerprint density at radius 1 is 1.25 bits per heavy atom. The summed E-state index contributed by atoms with van der Waals surface area (Å²) < 4.78 is 15.8. The highest BCUT2D eigenvalue weighted by atomic mass is 35.5. The Kier molecular flexibility index (Phi) is 6.82. The number of carbonyl (C=O) groups is 1. The lowest BCUT2D eigenvalue weighted by molar-refractivity contribution is 0.0453. The van der Waals surface area contributed by atoms with Gasteiger partial charge in [0.15, 0.2) is 0 Å². The van der Waals surface area contributed by atoms with E-state index >= 15 is 0 Å². The van der Waals surface area contributed by atoms with Gasteiger partial charge in [-0.1, -0.05) is 25.4 Å². The predicted octanol–water partition coefficient (Wildman–Crippen LogP) is 3.57. The lowest BCUT2D eigenvalue weighted by atomic mass is 10.2. The SMILES string of the molecule is COC(=O)c1ccc(OC(C)COCC(C)C)c(Cl)c1. The average molecular weight is 301 g/mol. The molecular weight excluding hydrogens is 280 g/mol. The topological polar surface area (TPSA) is 44.8 Å². The maximum atomic E-state index is 11.4. The fourth-order valence-corrected chi connectivity index (χ4v) is 1.79. The first-order chi connectivity index (χ1) is 9.43. The van der Waals surface area contributed by atoms with Gasteiger partial charge in [0, 0.05) is 6.61 Å². The molecule has 0 radical (unpaired) electrons. The summed E-state index contributed by atoms with van der Waals surface area (Å²) in [5.41, 5.74) is 0.397. The Balaban J connectivity index is 2.57. The third-order valence-electron chi connectivity index (χ3n) is 2.48. The van der Waals surface area contributed by atoms with Crippen LogP contribution in [0.25, 0.3) is 0 Å². The van der Waals surface area contributed by atoms with Crippen molar-refractivity contribution in [3.63, 3.8) is 0 Å². The van der Waals surface area contributed by atoms with Crippen molar-refractivity contribution in [2.24, 2.45) is 5.92 Å². The number of halogens is 1. The van der Waals surface area contributed by atoms with Gasteiger partial charge in [-0.25, -0.2) is 4.79 Å². The zero-order chi connectivity index (χ0) is 15.1. The van der Waals surface area contributed by atoms with Crippen molar-refractivity contribution in [1.82, 2.24) is 0 Å². The highest BCUT2D eigenvalue weighted by molar-refractivity contribution is 6.32. The molecule has 0 saturated heterocycles. The Hall–Kier alpha value is -1.26. The van der Waals surface area contributed by atoms with Crippen LogP contribution in [0.5, 0.6) is 5.75 Å². The van der Waals surface area contributed by atoms with Crippen LogP contribution in [0.15, 0.2) is 18.2 Å². The van der Waals surface area contributed by atoms with Crippen LogP contribution in [-0.2, 0) is 9.47 Å². The maximum Gasteiger partial charge on any atom is 0.337 e. The summed E-state index contributed by atoms with van der Waals surface area (Å²) in [6.45, 7) is 7.28. The van der Waals surface area contributed by atoms with Gasteiger partial charge in [-0.3, -0.25) is 0 Å². The molecule has 0 fully saturated rings. The summed E-state index contributed by atoms with van der Waals surface area (Å²) in [5, 5.41) is 0.378. The fourth-order valence-electron chi connectivity index (χ4n) is 1.56. The van der Waals surface area contributed by atoms with Crippen LogP contribution in [0, 0.1) is 5.92 Å². The van der Waals surface area contributed by atoms with Gasteiger partial charge in [-0.2, -0.15) is 0 Å². The molecule has 1 rings (SSSR count). The van der Waals surface area contributed by atoms with Crippen molar-refractivity contribution in [2.45, 2.75) is 26.9 Å². The van der Waals surface area contributed by atoms with E-state index in [1.54, 1.807) is 12.1 Å². The highest BCUT2D eigenvalue weighted by Gasteiger charge is 2.12. The van der Waals surface area contributed by atoms with Crippen LogP contribution in [0.1, 0.15) is 31.1 Å². The van der Waals surface area contributed by atoms with E-state index in [2.05, 4.69) is 18.6 Å². The minimum absolute atomic E-state index is 0.116. The molecule has 0 amide bonds. The van der Waals surface area contributed by atoms with Crippen LogP contribution < -0.4 is 4.74 Å². The molecule has 20 heavy (non-hydrogen) atoms. The van der Waals surface area contributed by atoms with Gasteiger partial charge >= 0.3 is 5.97 Å². The molecule has 1 aromatic rings. The number of ether oxygens (including phenoxy) is 3. The molecule has 0 aromatic heterocycles. The molecule has 4 nitrogen and oxygen atoms in total. The lowest BCUT2D eigenvalue weighted by Gasteiger charge is -2.17. The van der Waals surface area contributed by atoms with Gasteiger partial charge in [-0.15, -0.1) is 0 Å². The van der Waals surface area contributed by atoms with Gasteiger partial charge in [0.25, 0.3) is 0 Å². The summed E-state index contributed by atoms with van der Waals surface area (Å²) in [7, 11) is 1.33. The van der Waals surface area contributed by atoms with Crippen molar-refractivity contribution < 1.29 is 19.0 Å². The van der Waals surface area contributed by atoms with E-state index in [-0.39, 0.29) is 6.10 Å². The number of hydrogen-bond acceptors (Lipinski definition) is 4. The molecule has 0 bridgehead atoms. The smallest absolute Gasteiger partial charge is 0.337 e. The molecule has 0 aliphatic carbocycles. The second kappa shape index (κ2) is 8.12. The average Bonchev–Trinajstić information content (AvgIpc) is 2.39. The maximum absolute atomic E-state index is 11.4. The number of hydrogen-bond donors (Lipinski definition) is 0. The van der Waals surface area contributed by atoms with Crippen molar-refractivity contribution in [1.29, 1.82) is 0 Å². The first-order valence-corrected chi connectivity index (χ1v) is 6.94. The molecule has 112 valence electrons. The first kappa shape index (κ1) is 16.8. The molecule has 0 aliphatic heterocycles. The zero-order valence-electron chi connectivity index (χ0n) is 12.3. The third kappa shape index (κ3) is 5.39. The quantitative estimate of drug-likeness (QED) is 0.722. The van der Waals surface area contributed by atoms with E-state index in [4.69, 9.17) is 21.1 Å². The Morgan fingerprint density at radius 3 is 2.50 bits per heavy atom. The van der Waals surface area contributed by atoms with Crippen molar-refractivity contribution in [3.8, 4) is 5.75 Å². The molecule has 5 heteroatoms. The van der Waals surface area contributed by atoms with E-state index in [1.807, 2.05) is 6.92 Å². The Labute approximate surface area is 125 Å². The monoisotopic (exact) mass is 300 g/mol. The predicted molar refractivity (Wildman–Crippen MR) is 78.5 cm³/mol. The number of methoxy groups -OCH3 is 1. The minimum atomic E-state index is -0.424. The molecular formula is C15H21ClO4. The van der Waals surface area contributed by atoms with Crippen molar-refractivity contribution in [2.75, 3.05) is 20.3 Å². The standard InChI is InChI=1S/C15H21ClO4/c1-10(2)8-19-9-11(3)20-14-6-5-12(7-13(14)16)15(17)18-4/h5-7,10-11H,8-9H2,1-4H3. The summed E-state index contributed by atoms with van der Waals surface area (Å²) in [6.07, 6.45) is -0.116. The van der Waals surface area contributed by atoms with Crippen LogP contribution >= 0.6 is 11.6 Å². The summed E-state index contributed by atoms with van der Waals surface area (Å²) in [6, 6.07) is 4.81. The number of carbonyl (C=O) groups excluding carboxylic acids is 1. The fraction of sp³-hybridized carbons (Fsp3) is 0.533. The van der Waals surface area contributed by atoms with E-state index in [0.717, 1.165) is 0 Å². The van der Waals surface area contributed by atoms with Gasteiger partial charge < -0.3 is 14.2 Å². The van der Waals surface area contributed by atoms with Crippen LogP contribution in [-0.4, -0.2) is 32.4 Å². The Morgan fingerprint density at radius 2 is 1.95 bits per heavy atom. The van der Waals surface area contributed by atoms with Crippen molar-refractivity contribution >= 4 is 17.6 Å². The van der Waals surface area contributed by atoms with Gasteiger partial charge in [0.05, 0.1) is 24.3 Å². The highest BCUT2D eigenvalue weighted by Crippen LogP contribution is 2.26. The lowest BCUT2D eigenvalue weighted by Crippen LogP contribution is -2.20. The van der Waals surface area contributed by atoms with E-state index < -0.39 is 5.97 Å². The van der Waals surface area contributed by atoms with Crippen LogP contribution in [0.2, 0.25) is 5.02 Å². The molecule has 0 spiro atoms. The first-order valence-electron chi connectivity index (χ1n) is 6.56. The van der Waals surface area contributed by atoms with Gasteiger partial charge in [-0.05, 0) is 31.0 Å². The minimum Gasteiger partial charge on any atom is -0.487 e. The second-order valence-corrected chi connectivity index (χ2v) is 5.40. The van der Waals surface area contributed by atoms with Crippen LogP contribution in [0.4, 0.5) is 0 Å². The molecule has 0 N–H and O–H groups in total. The molecule has 0 heterocycles. The van der Waals surface area contributed by atoms with Gasteiger partial charge in [0.2, 0.25) is 0 Å². The number of benzene rings is 1. The van der Waals surface area contributed by atoms with Crippen molar-refractivity contribution in [3.05, 3.63) is 28.8 Å². The number of esters is 1. The molecule has 1 atom stereocenters. The second-order valence-electron chi connectivity index (χ2n) is 5.00. The molecule has 0 saturated carbocycles. The van der Waals surface area contributed by atoms with E-state index in [0.29, 0.717) is 35.5 Å².